The number of hydrogen-bond acceptors (Lipinski definition) is 6. The van der Waals surface area contributed by atoms with Crippen LogP contribution in [0.4, 0.5) is 0 Å². The molecule has 1 fully saturated rings. The Morgan fingerprint density at radius 2 is 2.26 bits per heavy atom. The van der Waals surface area contributed by atoms with Crippen molar-refractivity contribution in [3.05, 3.63) is 27.7 Å². The van der Waals surface area contributed by atoms with Crippen molar-refractivity contribution < 1.29 is 9.53 Å². The highest BCUT2D eigenvalue weighted by Crippen LogP contribution is 2.24. The number of aromatic nitrogens is 4. The average molecular weight is 335 g/mol. The Balaban J connectivity index is 1.72. The molecule has 0 bridgehead atoms. The molecule has 1 amide bonds. The second-order valence-corrected chi connectivity index (χ2v) is 6.70. The third-order valence-corrected chi connectivity index (χ3v) is 4.80. The number of carbonyl (C=O) groups excluding carboxylic acids is 1. The molecule has 3 rings (SSSR count). The average Bonchev–Trinajstić information content (AvgIpc) is 3.13. The summed E-state index contributed by atoms with van der Waals surface area (Å²) in [6.45, 7) is 5.71. The highest BCUT2D eigenvalue weighted by Gasteiger charge is 2.28. The molecule has 2 aromatic heterocycles. The van der Waals surface area contributed by atoms with Gasteiger partial charge in [0, 0.05) is 25.6 Å². The van der Waals surface area contributed by atoms with E-state index in [1.54, 1.807) is 7.11 Å². The van der Waals surface area contributed by atoms with Crippen LogP contribution in [-0.2, 0) is 11.3 Å². The van der Waals surface area contributed by atoms with E-state index < -0.39 is 0 Å². The van der Waals surface area contributed by atoms with Gasteiger partial charge in [-0.2, -0.15) is 5.10 Å². The Kier molecular flexibility index (Phi) is 4.72. The smallest absolute Gasteiger partial charge is 0.273 e. The van der Waals surface area contributed by atoms with Crippen LogP contribution in [0.1, 0.15) is 46.0 Å². The molecule has 2 aromatic rings. The van der Waals surface area contributed by atoms with E-state index in [2.05, 4.69) is 15.1 Å². The van der Waals surface area contributed by atoms with E-state index in [4.69, 9.17) is 4.74 Å². The van der Waals surface area contributed by atoms with Gasteiger partial charge in [0.25, 0.3) is 5.91 Å². The van der Waals surface area contributed by atoms with Crippen molar-refractivity contribution in [2.45, 2.75) is 39.3 Å². The first-order valence-electron chi connectivity index (χ1n) is 7.71. The van der Waals surface area contributed by atoms with Crippen molar-refractivity contribution in [2.75, 3.05) is 20.2 Å². The Morgan fingerprint density at radius 3 is 2.96 bits per heavy atom. The van der Waals surface area contributed by atoms with Gasteiger partial charge in [0.15, 0.2) is 0 Å². The first-order chi connectivity index (χ1) is 11.1. The second kappa shape index (κ2) is 6.76. The maximum absolute atomic E-state index is 12.7. The molecule has 124 valence electrons. The first kappa shape index (κ1) is 16.1. The molecular weight excluding hydrogens is 314 g/mol. The lowest BCUT2D eigenvalue weighted by molar-refractivity contribution is 0.0665. The van der Waals surface area contributed by atoms with Crippen LogP contribution in [0.25, 0.3) is 0 Å². The number of rotatable bonds is 4. The fraction of sp³-hybridized carbons (Fsp3) is 0.600. The van der Waals surface area contributed by atoms with Gasteiger partial charge in [-0.1, -0.05) is 0 Å². The molecule has 0 aliphatic carbocycles. The number of likely N-dealkylation sites (tertiary alicyclic amines) is 1. The predicted molar refractivity (Wildman–Crippen MR) is 86.5 cm³/mol. The number of hydrogen-bond donors (Lipinski definition) is 0. The lowest BCUT2D eigenvalue weighted by Gasteiger charge is -2.32. The SMILES string of the molecule is COCc1nc(C(=O)N2CCC[C@H](n3nc(C)nc3C)C2)cs1. The molecule has 23 heavy (non-hydrogen) atoms. The summed E-state index contributed by atoms with van der Waals surface area (Å²) in [5, 5.41) is 7.10. The first-order valence-corrected chi connectivity index (χ1v) is 8.59. The summed E-state index contributed by atoms with van der Waals surface area (Å²) in [6, 6.07) is 0.186. The van der Waals surface area contributed by atoms with Crippen LogP contribution in [0, 0.1) is 13.8 Å². The van der Waals surface area contributed by atoms with Crippen LogP contribution in [0.3, 0.4) is 0 Å². The van der Waals surface area contributed by atoms with Crippen LogP contribution in [0.5, 0.6) is 0 Å². The number of thiazole rings is 1. The minimum Gasteiger partial charge on any atom is -0.378 e. The van der Waals surface area contributed by atoms with Crippen LogP contribution in [0.15, 0.2) is 5.38 Å². The predicted octanol–water partition coefficient (Wildman–Crippen LogP) is 1.98. The summed E-state index contributed by atoms with van der Waals surface area (Å²) in [4.78, 5) is 23.3. The van der Waals surface area contributed by atoms with Crippen LogP contribution in [0.2, 0.25) is 0 Å². The van der Waals surface area contributed by atoms with Gasteiger partial charge >= 0.3 is 0 Å². The molecule has 0 spiro atoms. The van der Waals surface area contributed by atoms with E-state index >= 15 is 0 Å². The van der Waals surface area contributed by atoms with E-state index in [1.165, 1.54) is 11.3 Å². The fourth-order valence-corrected chi connectivity index (χ4v) is 3.72. The van der Waals surface area contributed by atoms with Crippen LogP contribution < -0.4 is 0 Å². The Morgan fingerprint density at radius 1 is 1.43 bits per heavy atom. The summed E-state index contributed by atoms with van der Waals surface area (Å²) < 4.78 is 7.01. The van der Waals surface area contributed by atoms with Crippen molar-refractivity contribution in [2.24, 2.45) is 0 Å². The molecule has 1 aliphatic heterocycles. The molecule has 3 heterocycles. The highest BCUT2D eigenvalue weighted by molar-refractivity contribution is 7.09. The lowest BCUT2D eigenvalue weighted by Crippen LogP contribution is -2.41. The van der Waals surface area contributed by atoms with E-state index in [-0.39, 0.29) is 11.9 Å². The summed E-state index contributed by atoms with van der Waals surface area (Å²) in [6.07, 6.45) is 1.98. The number of carbonyl (C=O) groups is 1. The van der Waals surface area contributed by atoms with Gasteiger partial charge in [-0.15, -0.1) is 11.3 Å². The van der Waals surface area contributed by atoms with E-state index in [0.717, 1.165) is 36.0 Å². The zero-order valence-electron chi connectivity index (χ0n) is 13.7. The molecule has 7 nitrogen and oxygen atoms in total. The van der Waals surface area contributed by atoms with Gasteiger partial charge < -0.3 is 9.64 Å². The number of piperidine rings is 1. The fourth-order valence-electron chi connectivity index (χ4n) is 2.98. The summed E-state index contributed by atoms with van der Waals surface area (Å²) in [7, 11) is 1.63. The highest BCUT2D eigenvalue weighted by atomic mass is 32.1. The number of ether oxygens (including phenoxy) is 1. The molecular formula is C15H21N5O2S. The number of aryl methyl sites for hydroxylation is 2. The number of amides is 1. The minimum atomic E-state index is -0.0113. The van der Waals surface area contributed by atoms with Crippen LogP contribution >= 0.6 is 11.3 Å². The third-order valence-electron chi connectivity index (χ3n) is 3.98. The van der Waals surface area contributed by atoms with Crippen molar-refractivity contribution in [3.63, 3.8) is 0 Å². The topological polar surface area (TPSA) is 73.1 Å². The van der Waals surface area contributed by atoms with E-state index in [1.807, 2.05) is 28.8 Å². The maximum atomic E-state index is 12.7. The van der Waals surface area contributed by atoms with E-state index in [9.17, 15) is 4.79 Å². The zero-order chi connectivity index (χ0) is 16.4. The Hall–Kier alpha value is -1.80. The number of methoxy groups -OCH3 is 1. The van der Waals surface area contributed by atoms with Gasteiger partial charge in [-0.25, -0.2) is 14.6 Å². The standard InChI is InChI=1S/C15H21N5O2S/c1-10-16-11(2)20(18-10)12-5-4-6-19(7-12)15(21)13-9-23-14(17-13)8-22-3/h9,12H,4-8H2,1-3H3/t12-/m0/s1. The molecule has 1 atom stereocenters. The molecule has 0 N–H and O–H groups in total. The number of nitrogens with zero attached hydrogens (tertiary/aromatic N) is 5. The van der Waals surface area contributed by atoms with Gasteiger partial charge in [-0.3, -0.25) is 4.79 Å². The quantitative estimate of drug-likeness (QED) is 0.854. The summed E-state index contributed by atoms with van der Waals surface area (Å²) in [5.74, 6) is 1.66. The Bertz CT molecular complexity index is 696. The summed E-state index contributed by atoms with van der Waals surface area (Å²) in [5.41, 5.74) is 0.509. The molecule has 0 unspecified atom stereocenters. The molecule has 0 radical (unpaired) electrons. The minimum absolute atomic E-state index is 0.0113. The largest absolute Gasteiger partial charge is 0.378 e. The van der Waals surface area contributed by atoms with Crippen molar-refractivity contribution >= 4 is 17.2 Å². The monoisotopic (exact) mass is 335 g/mol. The lowest BCUT2D eigenvalue weighted by atomic mass is 10.1. The van der Waals surface area contributed by atoms with Crippen LogP contribution in [-0.4, -0.2) is 50.8 Å². The van der Waals surface area contributed by atoms with Crippen molar-refractivity contribution in [1.82, 2.24) is 24.6 Å². The molecule has 8 heteroatoms. The third kappa shape index (κ3) is 3.42. The molecule has 1 aliphatic rings. The molecule has 0 aromatic carbocycles. The van der Waals surface area contributed by atoms with Gasteiger partial charge in [0.2, 0.25) is 0 Å². The second-order valence-electron chi connectivity index (χ2n) is 5.76. The van der Waals surface area contributed by atoms with Gasteiger partial charge in [-0.05, 0) is 26.7 Å². The summed E-state index contributed by atoms with van der Waals surface area (Å²) >= 11 is 1.46. The van der Waals surface area contributed by atoms with E-state index in [0.29, 0.717) is 18.8 Å². The van der Waals surface area contributed by atoms with Gasteiger partial charge in [0.1, 0.15) is 22.4 Å². The maximum Gasteiger partial charge on any atom is 0.273 e. The van der Waals surface area contributed by atoms with Crippen molar-refractivity contribution in [3.8, 4) is 0 Å². The van der Waals surface area contributed by atoms with Crippen molar-refractivity contribution in [1.29, 1.82) is 0 Å². The Labute approximate surface area is 139 Å². The normalized spacial score (nSPS) is 18.4. The molecule has 0 saturated carbocycles. The van der Waals surface area contributed by atoms with Gasteiger partial charge in [0.05, 0.1) is 12.6 Å². The zero-order valence-corrected chi connectivity index (χ0v) is 14.5. The molecule has 1 saturated heterocycles.